The maximum atomic E-state index is 11.4. The molecule has 5 nitrogen and oxygen atoms in total. The zero-order valence-electron chi connectivity index (χ0n) is 7.73. The summed E-state index contributed by atoms with van der Waals surface area (Å²) >= 11 is 0. The maximum absolute atomic E-state index is 11.4. The normalized spacial score (nSPS) is 17.1. The zero-order valence-corrected chi connectivity index (χ0v) is 8.55. The summed E-state index contributed by atoms with van der Waals surface area (Å²) in [5.74, 6) is 0.649. The van der Waals surface area contributed by atoms with E-state index in [0.717, 1.165) is 18.5 Å². The molecule has 1 aromatic rings. The second-order valence-electron chi connectivity index (χ2n) is 3.62. The van der Waals surface area contributed by atoms with Gasteiger partial charge in [-0.05, 0) is 18.8 Å². The van der Waals surface area contributed by atoms with Gasteiger partial charge in [-0.25, -0.2) is 18.1 Å². The minimum Gasteiger partial charge on any atom is -0.347 e. The smallest absolute Gasteiger partial charge is 0.212 e. The van der Waals surface area contributed by atoms with E-state index in [1.165, 1.54) is 6.33 Å². The molecule has 0 aromatic carbocycles. The minimum absolute atomic E-state index is 0.265. The van der Waals surface area contributed by atoms with Crippen molar-refractivity contribution in [1.82, 2.24) is 14.7 Å². The van der Waals surface area contributed by atoms with Crippen molar-refractivity contribution in [2.75, 3.05) is 5.75 Å². The third kappa shape index (κ3) is 2.81. The molecule has 0 bridgehead atoms. The van der Waals surface area contributed by atoms with Crippen molar-refractivity contribution < 1.29 is 8.42 Å². The molecule has 1 saturated carbocycles. The Kier molecular flexibility index (Phi) is 2.56. The fourth-order valence-corrected chi connectivity index (χ4v) is 2.67. The molecule has 0 atom stereocenters. The number of H-pyrrole nitrogens is 1. The summed E-state index contributed by atoms with van der Waals surface area (Å²) in [6.45, 7) is 0.301. The van der Waals surface area contributed by atoms with Gasteiger partial charge in [0.25, 0.3) is 0 Å². The number of aromatic amines is 1. The van der Waals surface area contributed by atoms with Crippen LogP contribution in [0.1, 0.15) is 18.5 Å². The molecule has 0 aliphatic heterocycles. The number of hydrogen-bond acceptors (Lipinski definition) is 3. The number of rotatable bonds is 5. The van der Waals surface area contributed by atoms with Crippen LogP contribution in [-0.2, 0) is 16.6 Å². The van der Waals surface area contributed by atoms with E-state index >= 15 is 0 Å². The monoisotopic (exact) mass is 215 g/mol. The molecule has 1 aliphatic carbocycles. The van der Waals surface area contributed by atoms with Crippen LogP contribution in [0.25, 0.3) is 0 Å². The topological polar surface area (TPSA) is 74.8 Å². The van der Waals surface area contributed by atoms with Crippen molar-refractivity contribution in [2.24, 2.45) is 5.92 Å². The maximum Gasteiger partial charge on any atom is 0.212 e. The third-order valence-electron chi connectivity index (χ3n) is 2.19. The van der Waals surface area contributed by atoms with Gasteiger partial charge in [0, 0.05) is 11.9 Å². The van der Waals surface area contributed by atoms with Gasteiger partial charge in [0.05, 0.1) is 18.6 Å². The van der Waals surface area contributed by atoms with Crippen molar-refractivity contribution in [2.45, 2.75) is 19.4 Å². The number of aromatic nitrogens is 2. The van der Waals surface area contributed by atoms with Crippen LogP contribution in [0.3, 0.4) is 0 Å². The van der Waals surface area contributed by atoms with Crippen LogP contribution in [0.4, 0.5) is 0 Å². The van der Waals surface area contributed by atoms with Gasteiger partial charge in [-0.2, -0.15) is 0 Å². The molecule has 1 aromatic heterocycles. The Hall–Kier alpha value is -0.880. The SMILES string of the molecule is O=S(=O)(CC1CC1)NCc1cnc[nH]1. The quantitative estimate of drug-likeness (QED) is 0.738. The Bertz CT molecular complexity index is 381. The van der Waals surface area contributed by atoms with Gasteiger partial charge in [0.1, 0.15) is 0 Å². The first-order valence-electron chi connectivity index (χ1n) is 4.60. The van der Waals surface area contributed by atoms with Gasteiger partial charge in [0.15, 0.2) is 0 Å². The van der Waals surface area contributed by atoms with Crippen molar-refractivity contribution >= 4 is 10.0 Å². The van der Waals surface area contributed by atoms with Crippen LogP contribution >= 0.6 is 0 Å². The average molecular weight is 215 g/mol. The molecule has 0 amide bonds. The highest BCUT2D eigenvalue weighted by molar-refractivity contribution is 7.89. The summed E-state index contributed by atoms with van der Waals surface area (Å²) in [7, 11) is -3.09. The Labute approximate surface area is 83.0 Å². The van der Waals surface area contributed by atoms with Gasteiger partial charge in [0.2, 0.25) is 10.0 Å². The largest absolute Gasteiger partial charge is 0.347 e. The lowest BCUT2D eigenvalue weighted by Gasteiger charge is -2.03. The van der Waals surface area contributed by atoms with Crippen LogP contribution < -0.4 is 4.72 Å². The molecule has 1 heterocycles. The molecule has 2 rings (SSSR count). The Morgan fingerprint density at radius 2 is 2.36 bits per heavy atom. The second-order valence-corrected chi connectivity index (χ2v) is 5.47. The van der Waals surface area contributed by atoms with Crippen LogP contribution in [0.2, 0.25) is 0 Å². The molecule has 0 radical (unpaired) electrons. The summed E-state index contributed by atoms with van der Waals surface area (Å²) in [6.07, 6.45) is 5.24. The summed E-state index contributed by atoms with van der Waals surface area (Å²) in [4.78, 5) is 6.65. The molecule has 2 N–H and O–H groups in total. The predicted molar refractivity (Wildman–Crippen MR) is 51.9 cm³/mol. The summed E-state index contributed by atoms with van der Waals surface area (Å²) in [5, 5.41) is 0. The molecule has 0 saturated heterocycles. The number of nitrogens with one attached hydrogen (secondary N) is 2. The van der Waals surface area contributed by atoms with E-state index < -0.39 is 10.0 Å². The van der Waals surface area contributed by atoms with Crippen molar-refractivity contribution in [3.05, 3.63) is 18.2 Å². The van der Waals surface area contributed by atoms with Gasteiger partial charge < -0.3 is 4.98 Å². The van der Waals surface area contributed by atoms with Crippen molar-refractivity contribution in [1.29, 1.82) is 0 Å². The minimum atomic E-state index is -3.09. The van der Waals surface area contributed by atoms with E-state index in [1.54, 1.807) is 6.20 Å². The third-order valence-corrected chi connectivity index (χ3v) is 3.68. The van der Waals surface area contributed by atoms with E-state index in [9.17, 15) is 8.42 Å². The van der Waals surface area contributed by atoms with E-state index in [1.807, 2.05) is 0 Å². The van der Waals surface area contributed by atoms with Crippen molar-refractivity contribution in [3.63, 3.8) is 0 Å². The lowest BCUT2D eigenvalue weighted by molar-refractivity contribution is 0.576. The van der Waals surface area contributed by atoms with Gasteiger partial charge in [-0.3, -0.25) is 0 Å². The molecule has 1 fully saturated rings. The first kappa shape index (κ1) is 9.67. The Morgan fingerprint density at radius 3 is 2.93 bits per heavy atom. The number of nitrogens with zero attached hydrogens (tertiary/aromatic N) is 1. The molecule has 6 heteroatoms. The van der Waals surface area contributed by atoms with Gasteiger partial charge in [-0.15, -0.1) is 0 Å². The molecular weight excluding hydrogens is 202 g/mol. The predicted octanol–water partition coefficient (Wildman–Crippen LogP) is 0.239. The lowest BCUT2D eigenvalue weighted by atomic mass is 10.5. The second kappa shape index (κ2) is 3.70. The average Bonchev–Trinajstić information content (AvgIpc) is 2.78. The number of hydrogen-bond donors (Lipinski definition) is 2. The van der Waals surface area contributed by atoms with Gasteiger partial charge >= 0.3 is 0 Å². The molecule has 1 aliphatic rings. The molecule has 0 unspecified atom stereocenters. The van der Waals surface area contributed by atoms with Gasteiger partial charge in [-0.1, -0.05) is 0 Å². The Balaban J connectivity index is 1.84. The lowest BCUT2D eigenvalue weighted by Crippen LogP contribution is -2.26. The molecule has 14 heavy (non-hydrogen) atoms. The molecule has 0 spiro atoms. The van der Waals surface area contributed by atoms with E-state index in [4.69, 9.17) is 0 Å². The van der Waals surface area contributed by atoms with E-state index in [0.29, 0.717) is 12.5 Å². The fraction of sp³-hybridized carbons (Fsp3) is 0.625. The van der Waals surface area contributed by atoms with Crippen molar-refractivity contribution in [3.8, 4) is 0 Å². The van der Waals surface area contributed by atoms with Crippen LogP contribution in [0, 0.1) is 5.92 Å². The number of sulfonamides is 1. The van der Waals surface area contributed by atoms with E-state index in [-0.39, 0.29) is 5.75 Å². The molecule has 78 valence electrons. The number of imidazole rings is 1. The highest BCUT2D eigenvalue weighted by atomic mass is 32.2. The highest BCUT2D eigenvalue weighted by Crippen LogP contribution is 2.29. The summed E-state index contributed by atoms with van der Waals surface area (Å²) in [5.41, 5.74) is 0.782. The van der Waals surface area contributed by atoms with Crippen LogP contribution in [0.5, 0.6) is 0 Å². The Morgan fingerprint density at radius 1 is 1.57 bits per heavy atom. The fourth-order valence-electron chi connectivity index (χ4n) is 1.22. The zero-order chi connectivity index (χ0) is 10.0. The molecular formula is C8H13N3O2S. The van der Waals surface area contributed by atoms with Crippen LogP contribution in [0.15, 0.2) is 12.5 Å². The standard InChI is InChI=1S/C8H13N3O2S/c12-14(13,5-7-1-2-7)11-4-8-3-9-6-10-8/h3,6-7,11H,1-2,4-5H2,(H,9,10). The van der Waals surface area contributed by atoms with E-state index in [2.05, 4.69) is 14.7 Å². The first-order valence-corrected chi connectivity index (χ1v) is 6.25. The highest BCUT2D eigenvalue weighted by Gasteiger charge is 2.27. The van der Waals surface area contributed by atoms with Crippen LogP contribution in [-0.4, -0.2) is 24.1 Å². The summed E-state index contributed by atoms with van der Waals surface area (Å²) < 4.78 is 25.4. The summed E-state index contributed by atoms with van der Waals surface area (Å²) in [6, 6.07) is 0. The first-order chi connectivity index (χ1) is 6.66.